The van der Waals surface area contributed by atoms with E-state index in [0.717, 1.165) is 31.0 Å². The molecule has 1 aliphatic carbocycles. The van der Waals surface area contributed by atoms with E-state index in [1.165, 1.54) is 23.1 Å². The number of benzene rings is 1. The molecule has 0 bridgehead atoms. The van der Waals surface area contributed by atoms with E-state index in [0.29, 0.717) is 18.4 Å². The third-order valence-electron chi connectivity index (χ3n) is 4.93. The topological polar surface area (TPSA) is 126 Å². The zero-order valence-electron chi connectivity index (χ0n) is 15.3. The summed E-state index contributed by atoms with van der Waals surface area (Å²) in [6.07, 6.45) is 4.34. The number of amides is 1. The average Bonchev–Trinajstić information content (AvgIpc) is 3.21. The van der Waals surface area contributed by atoms with Crippen molar-refractivity contribution in [3.05, 3.63) is 34.4 Å². The molecule has 0 saturated heterocycles. The van der Waals surface area contributed by atoms with Crippen LogP contribution in [0.2, 0.25) is 0 Å². The van der Waals surface area contributed by atoms with Crippen molar-refractivity contribution in [1.29, 1.82) is 5.26 Å². The summed E-state index contributed by atoms with van der Waals surface area (Å²) in [7, 11) is 1.67. The molecule has 0 aliphatic heterocycles. The van der Waals surface area contributed by atoms with Gasteiger partial charge in [-0.3, -0.25) is 14.9 Å². The van der Waals surface area contributed by atoms with Crippen LogP contribution in [-0.4, -0.2) is 44.3 Å². The Bertz CT molecular complexity index is 917. The van der Waals surface area contributed by atoms with Gasteiger partial charge >= 0.3 is 0 Å². The Labute approximate surface area is 165 Å². The van der Waals surface area contributed by atoms with E-state index in [-0.39, 0.29) is 28.5 Å². The van der Waals surface area contributed by atoms with E-state index in [2.05, 4.69) is 16.3 Å². The minimum Gasteiger partial charge on any atom is -0.411 e. The third kappa shape index (κ3) is 4.14. The highest BCUT2D eigenvalue weighted by molar-refractivity contribution is 7.99. The van der Waals surface area contributed by atoms with Crippen LogP contribution in [0.3, 0.4) is 0 Å². The first kappa shape index (κ1) is 19.8. The first-order chi connectivity index (χ1) is 13.4. The summed E-state index contributed by atoms with van der Waals surface area (Å²) in [5.74, 6) is 0.0348. The van der Waals surface area contributed by atoms with Gasteiger partial charge in [0.05, 0.1) is 16.7 Å². The van der Waals surface area contributed by atoms with Crippen LogP contribution in [0, 0.1) is 21.4 Å². The van der Waals surface area contributed by atoms with Crippen LogP contribution < -0.4 is 0 Å². The van der Waals surface area contributed by atoms with Gasteiger partial charge in [0, 0.05) is 24.7 Å². The molecule has 1 aromatic carbocycles. The van der Waals surface area contributed by atoms with Gasteiger partial charge in [-0.05, 0) is 18.9 Å². The number of rotatable bonds is 6. The van der Waals surface area contributed by atoms with Gasteiger partial charge < -0.3 is 9.32 Å². The number of carbonyl (C=O) groups excluding carboxylic acids is 1. The van der Waals surface area contributed by atoms with Gasteiger partial charge in [-0.1, -0.05) is 37.1 Å². The van der Waals surface area contributed by atoms with E-state index in [9.17, 15) is 20.2 Å². The van der Waals surface area contributed by atoms with Crippen LogP contribution in [-0.2, 0) is 4.79 Å². The molecule has 0 radical (unpaired) electrons. The zero-order valence-corrected chi connectivity index (χ0v) is 16.1. The van der Waals surface area contributed by atoms with Crippen LogP contribution in [0.5, 0.6) is 0 Å². The summed E-state index contributed by atoms with van der Waals surface area (Å²) >= 11 is 1.08. The summed E-state index contributed by atoms with van der Waals surface area (Å²) in [5.41, 5.74) is -0.377. The van der Waals surface area contributed by atoms with Crippen LogP contribution >= 0.6 is 11.8 Å². The van der Waals surface area contributed by atoms with Crippen LogP contribution in [0.1, 0.15) is 32.1 Å². The van der Waals surface area contributed by atoms with Crippen molar-refractivity contribution < 1.29 is 14.1 Å². The summed E-state index contributed by atoms with van der Waals surface area (Å²) in [4.78, 5) is 24.5. The highest BCUT2D eigenvalue weighted by atomic mass is 32.2. The Hall–Kier alpha value is -2.93. The Morgan fingerprint density at radius 3 is 2.82 bits per heavy atom. The zero-order chi connectivity index (χ0) is 20.1. The number of hydrogen-bond acceptors (Lipinski definition) is 8. The molecule has 0 spiro atoms. The number of non-ortho nitro benzene ring substituents is 1. The highest BCUT2D eigenvalue weighted by Crippen LogP contribution is 2.33. The molecular weight excluding hydrogens is 382 g/mol. The van der Waals surface area contributed by atoms with Crippen molar-refractivity contribution in [1.82, 2.24) is 15.1 Å². The monoisotopic (exact) mass is 401 g/mol. The summed E-state index contributed by atoms with van der Waals surface area (Å²) in [6, 6.07) is 8.22. The first-order valence-corrected chi connectivity index (χ1v) is 9.83. The van der Waals surface area contributed by atoms with Crippen molar-refractivity contribution in [2.75, 3.05) is 12.8 Å². The standard InChI is InChI=1S/C18H19N5O4S/c1-22(18(12-19)8-3-2-4-9-18)15(24)11-28-17-21-20-16(27-17)13-6-5-7-14(10-13)23(25)26/h5-7,10H,2-4,8-9,11H2,1H3. The molecule has 1 aliphatic rings. The van der Waals surface area contributed by atoms with Gasteiger partial charge in [-0.15, -0.1) is 10.2 Å². The minimum absolute atomic E-state index is 0.0660. The number of thioether (sulfide) groups is 1. The minimum atomic E-state index is -0.737. The molecular formula is C18H19N5O4S. The maximum Gasteiger partial charge on any atom is 0.277 e. The van der Waals surface area contributed by atoms with Crippen molar-refractivity contribution in [3.8, 4) is 17.5 Å². The lowest BCUT2D eigenvalue weighted by Crippen LogP contribution is -2.50. The fourth-order valence-electron chi connectivity index (χ4n) is 3.26. The highest BCUT2D eigenvalue weighted by Gasteiger charge is 2.38. The van der Waals surface area contributed by atoms with Gasteiger partial charge in [0.15, 0.2) is 0 Å². The van der Waals surface area contributed by atoms with Gasteiger partial charge in [-0.2, -0.15) is 5.26 Å². The van der Waals surface area contributed by atoms with Crippen molar-refractivity contribution >= 4 is 23.4 Å². The number of nitro groups is 1. The predicted octanol–water partition coefficient (Wildman–Crippen LogP) is 3.42. The number of nitro benzene ring substituents is 1. The van der Waals surface area contributed by atoms with Gasteiger partial charge in [0.1, 0.15) is 5.54 Å². The van der Waals surface area contributed by atoms with E-state index in [1.54, 1.807) is 13.1 Å². The molecule has 1 aromatic heterocycles. The molecule has 1 amide bonds. The van der Waals surface area contributed by atoms with Crippen molar-refractivity contribution in [2.24, 2.45) is 0 Å². The van der Waals surface area contributed by atoms with E-state index < -0.39 is 10.5 Å². The average molecular weight is 401 g/mol. The molecule has 1 fully saturated rings. The third-order valence-corrected chi connectivity index (χ3v) is 5.74. The largest absolute Gasteiger partial charge is 0.411 e. The number of hydrogen-bond donors (Lipinski definition) is 0. The van der Waals surface area contributed by atoms with Gasteiger partial charge in [0.25, 0.3) is 10.9 Å². The number of aromatic nitrogens is 2. The molecule has 28 heavy (non-hydrogen) atoms. The molecule has 146 valence electrons. The van der Waals surface area contributed by atoms with E-state index in [4.69, 9.17) is 4.42 Å². The smallest absolute Gasteiger partial charge is 0.277 e. The number of carbonyl (C=O) groups is 1. The molecule has 0 atom stereocenters. The maximum absolute atomic E-state index is 12.6. The molecule has 2 aromatic rings. The fourth-order valence-corrected chi connectivity index (χ4v) is 3.93. The van der Waals surface area contributed by atoms with Crippen LogP contribution in [0.25, 0.3) is 11.5 Å². The lowest BCUT2D eigenvalue weighted by Gasteiger charge is -2.38. The SMILES string of the molecule is CN(C(=O)CSc1nnc(-c2cccc([N+](=O)[O-])c2)o1)C1(C#N)CCCCC1. The molecule has 0 N–H and O–H groups in total. The lowest BCUT2D eigenvalue weighted by atomic mass is 9.81. The second-order valence-electron chi connectivity index (χ2n) is 6.63. The summed E-state index contributed by atoms with van der Waals surface area (Å²) in [6.45, 7) is 0. The summed E-state index contributed by atoms with van der Waals surface area (Å²) < 4.78 is 5.51. The lowest BCUT2D eigenvalue weighted by molar-refractivity contribution is -0.384. The fraction of sp³-hybridized carbons (Fsp3) is 0.444. The summed E-state index contributed by atoms with van der Waals surface area (Å²) in [5, 5.41) is 28.5. The van der Waals surface area contributed by atoms with Gasteiger partial charge in [-0.25, -0.2) is 0 Å². The molecule has 10 heteroatoms. The molecule has 0 unspecified atom stereocenters. The Morgan fingerprint density at radius 1 is 1.39 bits per heavy atom. The Morgan fingerprint density at radius 2 is 2.14 bits per heavy atom. The maximum atomic E-state index is 12.6. The molecule has 1 saturated carbocycles. The van der Waals surface area contributed by atoms with Gasteiger partial charge in [0.2, 0.25) is 11.8 Å². The number of nitriles is 1. The molecule has 9 nitrogen and oxygen atoms in total. The van der Waals surface area contributed by atoms with E-state index in [1.807, 2.05) is 0 Å². The molecule has 1 heterocycles. The molecule has 3 rings (SSSR count). The second kappa shape index (κ2) is 8.39. The normalized spacial score (nSPS) is 15.6. The Kier molecular flexibility index (Phi) is 5.94. The van der Waals surface area contributed by atoms with Crippen molar-refractivity contribution in [2.45, 2.75) is 42.9 Å². The number of nitrogens with zero attached hydrogens (tertiary/aromatic N) is 5. The second-order valence-corrected chi connectivity index (χ2v) is 7.55. The van der Waals surface area contributed by atoms with E-state index >= 15 is 0 Å². The quantitative estimate of drug-likeness (QED) is 0.409. The van der Waals surface area contributed by atoms with Crippen LogP contribution in [0.15, 0.2) is 33.9 Å². The van der Waals surface area contributed by atoms with Crippen molar-refractivity contribution in [3.63, 3.8) is 0 Å². The predicted molar refractivity (Wildman–Crippen MR) is 101 cm³/mol. The Balaban J connectivity index is 1.64. The first-order valence-electron chi connectivity index (χ1n) is 8.84. The van der Waals surface area contributed by atoms with Crippen LogP contribution in [0.4, 0.5) is 5.69 Å².